The van der Waals surface area contributed by atoms with Crippen LogP contribution in [0.15, 0.2) is 6.07 Å². The van der Waals surface area contributed by atoms with Crippen molar-refractivity contribution in [3.05, 3.63) is 17.5 Å². The summed E-state index contributed by atoms with van der Waals surface area (Å²) >= 11 is 0. The molecule has 0 radical (unpaired) electrons. The van der Waals surface area contributed by atoms with Gasteiger partial charge in [0.25, 0.3) is 5.91 Å². The van der Waals surface area contributed by atoms with Gasteiger partial charge in [-0.05, 0) is 32.3 Å². The van der Waals surface area contributed by atoms with E-state index in [0.29, 0.717) is 25.2 Å². The van der Waals surface area contributed by atoms with Gasteiger partial charge in [-0.1, -0.05) is 13.3 Å². The van der Waals surface area contributed by atoms with Crippen molar-refractivity contribution in [2.75, 3.05) is 6.54 Å². The molecule has 0 aromatic carbocycles. The van der Waals surface area contributed by atoms with Crippen LogP contribution in [0.4, 0.5) is 0 Å². The SMILES string of the molecule is CCc1cc(C(=O)NCCCCCC(=O)O)n(CC)n1. The highest BCUT2D eigenvalue weighted by Crippen LogP contribution is 2.06. The first-order chi connectivity index (χ1) is 9.58. The first-order valence-corrected chi connectivity index (χ1v) is 7.15. The molecule has 20 heavy (non-hydrogen) atoms. The molecule has 0 unspecified atom stereocenters. The fraction of sp³-hybridized carbons (Fsp3) is 0.643. The van der Waals surface area contributed by atoms with Crippen LogP contribution in [0.2, 0.25) is 0 Å². The summed E-state index contributed by atoms with van der Waals surface area (Å²) in [5.41, 5.74) is 1.51. The van der Waals surface area contributed by atoms with Gasteiger partial charge in [0.15, 0.2) is 0 Å². The number of amides is 1. The summed E-state index contributed by atoms with van der Waals surface area (Å²) in [7, 11) is 0. The summed E-state index contributed by atoms with van der Waals surface area (Å²) in [6.07, 6.45) is 3.25. The number of nitrogens with zero attached hydrogens (tertiary/aromatic N) is 2. The maximum Gasteiger partial charge on any atom is 0.303 e. The van der Waals surface area contributed by atoms with Crippen LogP contribution in [0.1, 0.15) is 55.7 Å². The lowest BCUT2D eigenvalue weighted by Gasteiger charge is -2.06. The van der Waals surface area contributed by atoms with Crippen molar-refractivity contribution in [1.29, 1.82) is 0 Å². The summed E-state index contributed by atoms with van der Waals surface area (Å²) in [4.78, 5) is 22.4. The van der Waals surface area contributed by atoms with Gasteiger partial charge in [0.05, 0.1) is 5.69 Å². The number of aliphatic carboxylic acids is 1. The number of aromatic nitrogens is 2. The van der Waals surface area contributed by atoms with Crippen molar-refractivity contribution in [2.45, 2.75) is 52.5 Å². The third-order valence-corrected chi connectivity index (χ3v) is 3.08. The number of rotatable bonds is 9. The number of aryl methyl sites for hydroxylation is 2. The molecule has 1 rings (SSSR count). The fourth-order valence-corrected chi connectivity index (χ4v) is 1.94. The first kappa shape index (κ1) is 16.2. The number of hydrogen-bond acceptors (Lipinski definition) is 3. The van der Waals surface area contributed by atoms with Crippen LogP contribution in [0.5, 0.6) is 0 Å². The topological polar surface area (TPSA) is 84.2 Å². The molecule has 1 amide bonds. The molecule has 1 aromatic rings. The fourth-order valence-electron chi connectivity index (χ4n) is 1.94. The summed E-state index contributed by atoms with van der Waals surface area (Å²) in [5.74, 6) is -0.884. The van der Waals surface area contributed by atoms with Crippen LogP contribution in [-0.4, -0.2) is 33.3 Å². The number of carbonyl (C=O) groups excluding carboxylic acids is 1. The molecule has 0 bridgehead atoms. The molecule has 2 N–H and O–H groups in total. The minimum Gasteiger partial charge on any atom is -0.481 e. The average Bonchev–Trinajstić information content (AvgIpc) is 2.85. The van der Waals surface area contributed by atoms with E-state index in [1.54, 1.807) is 4.68 Å². The lowest BCUT2D eigenvalue weighted by Crippen LogP contribution is -2.27. The minimum absolute atomic E-state index is 0.114. The van der Waals surface area contributed by atoms with Gasteiger partial charge in [0.2, 0.25) is 0 Å². The Kier molecular flexibility index (Phi) is 6.76. The van der Waals surface area contributed by atoms with Crippen molar-refractivity contribution in [3.63, 3.8) is 0 Å². The highest BCUT2D eigenvalue weighted by Gasteiger charge is 2.13. The number of carbonyl (C=O) groups is 2. The van der Waals surface area contributed by atoms with Crippen molar-refractivity contribution in [3.8, 4) is 0 Å². The number of carboxylic acid groups (broad SMARTS) is 1. The van der Waals surface area contributed by atoms with Gasteiger partial charge in [-0.3, -0.25) is 14.3 Å². The number of unbranched alkanes of at least 4 members (excludes halogenated alkanes) is 2. The maximum atomic E-state index is 12.0. The molecule has 1 aromatic heterocycles. The average molecular weight is 281 g/mol. The largest absolute Gasteiger partial charge is 0.481 e. The molecule has 112 valence electrons. The third-order valence-electron chi connectivity index (χ3n) is 3.08. The Balaban J connectivity index is 2.35. The van der Waals surface area contributed by atoms with Crippen molar-refractivity contribution in [2.24, 2.45) is 0 Å². The van der Waals surface area contributed by atoms with Gasteiger partial charge in [0, 0.05) is 19.5 Å². The van der Waals surface area contributed by atoms with Gasteiger partial charge >= 0.3 is 5.97 Å². The quantitative estimate of drug-likeness (QED) is 0.676. The Hall–Kier alpha value is -1.85. The van der Waals surface area contributed by atoms with Gasteiger partial charge < -0.3 is 10.4 Å². The second kappa shape index (κ2) is 8.35. The van der Waals surface area contributed by atoms with E-state index >= 15 is 0 Å². The highest BCUT2D eigenvalue weighted by molar-refractivity contribution is 5.92. The van der Waals surface area contributed by atoms with Crippen LogP contribution < -0.4 is 5.32 Å². The van der Waals surface area contributed by atoms with E-state index in [1.165, 1.54) is 0 Å². The molecule has 0 spiro atoms. The van der Waals surface area contributed by atoms with Crippen molar-refractivity contribution >= 4 is 11.9 Å². The second-order valence-corrected chi connectivity index (χ2v) is 4.65. The summed E-state index contributed by atoms with van der Waals surface area (Å²) in [6, 6.07) is 1.82. The van der Waals surface area contributed by atoms with Gasteiger partial charge in [-0.15, -0.1) is 0 Å². The molecule has 0 aliphatic carbocycles. The monoisotopic (exact) mass is 281 g/mol. The van der Waals surface area contributed by atoms with Crippen LogP contribution >= 0.6 is 0 Å². The molecule has 0 saturated heterocycles. The number of nitrogens with one attached hydrogen (secondary N) is 1. The minimum atomic E-state index is -0.770. The maximum absolute atomic E-state index is 12.0. The van der Waals surface area contributed by atoms with E-state index in [2.05, 4.69) is 10.4 Å². The predicted molar refractivity (Wildman–Crippen MR) is 75.7 cm³/mol. The summed E-state index contributed by atoms with van der Waals surface area (Å²) in [6.45, 7) is 5.19. The molecule has 0 aliphatic heterocycles. The Morgan fingerprint density at radius 2 is 2.05 bits per heavy atom. The molecule has 0 aliphatic rings. The number of hydrogen-bond donors (Lipinski definition) is 2. The number of carboxylic acids is 1. The van der Waals surface area contributed by atoms with E-state index in [1.807, 2.05) is 19.9 Å². The Bertz CT molecular complexity index is 455. The molecule has 6 heteroatoms. The summed E-state index contributed by atoms with van der Waals surface area (Å²) in [5, 5.41) is 15.7. The zero-order chi connectivity index (χ0) is 15.0. The second-order valence-electron chi connectivity index (χ2n) is 4.65. The third kappa shape index (κ3) is 5.03. The molecule has 6 nitrogen and oxygen atoms in total. The van der Waals surface area contributed by atoms with E-state index in [-0.39, 0.29) is 12.3 Å². The lowest BCUT2D eigenvalue weighted by molar-refractivity contribution is -0.137. The van der Waals surface area contributed by atoms with Gasteiger partial charge in [-0.2, -0.15) is 5.10 Å². The van der Waals surface area contributed by atoms with Gasteiger partial charge in [0.1, 0.15) is 5.69 Å². The highest BCUT2D eigenvalue weighted by atomic mass is 16.4. The van der Waals surface area contributed by atoms with Crippen molar-refractivity contribution < 1.29 is 14.7 Å². The van der Waals surface area contributed by atoms with Crippen LogP contribution in [0.25, 0.3) is 0 Å². The van der Waals surface area contributed by atoms with E-state index in [9.17, 15) is 9.59 Å². The van der Waals surface area contributed by atoms with E-state index in [0.717, 1.165) is 25.0 Å². The first-order valence-electron chi connectivity index (χ1n) is 7.15. The molecule has 0 saturated carbocycles. The zero-order valence-corrected chi connectivity index (χ0v) is 12.2. The Labute approximate surface area is 119 Å². The zero-order valence-electron chi connectivity index (χ0n) is 12.2. The molecular formula is C14H23N3O3. The van der Waals surface area contributed by atoms with Gasteiger partial charge in [-0.25, -0.2) is 0 Å². The lowest BCUT2D eigenvalue weighted by atomic mass is 10.2. The summed E-state index contributed by atoms with van der Waals surface area (Å²) < 4.78 is 1.71. The molecule has 1 heterocycles. The van der Waals surface area contributed by atoms with E-state index in [4.69, 9.17) is 5.11 Å². The smallest absolute Gasteiger partial charge is 0.303 e. The normalized spacial score (nSPS) is 10.5. The molecular weight excluding hydrogens is 258 g/mol. The van der Waals surface area contributed by atoms with Crippen LogP contribution in [0, 0.1) is 0 Å². The van der Waals surface area contributed by atoms with Crippen LogP contribution in [-0.2, 0) is 17.8 Å². The van der Waals surface area contributed by atoms with Crippen molar-refractivity contribution in [1.82, 2.24) is 15.1 Å². The Morgan fingerprint density at radius 1 is 1.30 bits per heavy atom. The Morgan fingerprint density at radius 3 is 2.65 bits per heavy atom. The van der Waals surface area contributed by atoms with E-state index < -0.39 is 5.97 Å². The predicted octanol–water partition coefficient (Wildman–Crippen LogP) is 1.84. The van der Waals surface area contributed by atoms with Crippen LogP contribution in [0.3, 0.4) is 0 Å². The molecule has 0 fully saturated rings. The standard InChI is InChI=1S/C14H23N3O3/c1-3-11-10-12(17(4-2)16-11)14(20)15-9-7-5-6-8-13(18)19/h10H,3-9H2,1-2H3,(H,15,20)(H,18,19). The molecule has 0 atom stereocenters.